The van der Waals surface area contributed by atoms with Gasteiger partial charge < -0.3 is 0 Å². The van der Waals surface area contributed by atoms with E-state index in [0.717, 1.165) is 18.7 Å². The van der Waals surface area contributed by atoms with Crippen LogP contribution in [0.1, 0.15) is 5.56 Å². The highest BCUT2D eigenvalue weighted by Gasteiger charge is 2.05. The Labute approximate surface area is 104 Å². The molecule has 6 heteroatoms. The van der Waals surface area contributed by atoms with Gasteiger partial charge in [0.25, 0.3) is 0 Å². The van der Waals surface area contributed by atoms with E-state index in [-0.39, 0.29) is 0 Å². The van der Waals surface area contributed by atoms with Gasteiger partial charge in [-0.25, -0.2) is 5.01 Å². The number of hydrogen-bond acceptors (Lipinski definition) is 3. The largest absolute Gasteiger partial charge is 0.272 e. The van der Waals surface area contributed by atoms with E-state index in [1.807, 2.05) is 0 Å². The summed E-state index contributed by atoms with van der Waals surface area (Å²) in [4.78, 5) is 4.02. The van der Waals surface area contributed by atoms with Crippen LogP contribution in [0.4, 0.5) is 0 Å². The Kier molecular flexibility index (Phi) is 3.74. The van der Waals surface area contributed by atoms with Gasteiger partial charge >= 0.3 is 0 Å². The molecule has 84 valence electrons. The number of benzene rings is 1. The molecule has 0 fully saturated rings. The van der Waals surface area contributed by atoms with E-state index in [1.165, 1.54) is 0 Å². The molecule has 2 rings (SSSR count). The molecule has 0 aromatic heterocycles. The third-order valence-electron chi connectivity index (χ3n) is 2.14. The molecule has 0 amide bonds. The molecule has 4 nitrogen and oxygen atoms in total. The van der Waals surface area contributed by atoms with Crippen molar-refractivity contribution in [1.82, 2.24) is 5.01 Å². The van der Waals surface area contributed by atoms with Gasteiger partial charge in [-0.3, -0.25) is 4.99 Å². The van der Waals surface area contributed by atoms with Gasteiger partial charge in [-0.2, -0.15) is 5.11 Å². The van der Waals surface area contributed by atoms with Gasteiger partial charge in [-0.15, -0.1) is 0 Å². The zero-order chi connectivity index (χ0) is 11.4. The van der Waals surface area contributed by atoms with E-state index in [1.54, 1.807) is 29.5 Å². The fourth-order valence-electron chi connectivity index (χ4n) is 1.30. The van der Waals surface area contributed by atoms with Crippen LogP contribution in [-0.2, 0) is 6.54 Å². The van der Waals surface area contributed by atoms with Crippen LogP contribution < -0.4 is 0 Å². The lowest BCUT2D eigenvalue weighted by Gasteiger charge is -2.05. The number of hydrogen-bond donors (Lipinski definition) is 0. The topological polar surface area (TPSA) is 40.3 Å². The Bertz CT molecular complexity index is 411. The van der Waals surface area contributed by atoms with E-state index in [9.17, 15) is 0 Å². The molecule has 16 heavy (non-hydrogen) atoms. The van der Waals surface area contributed by atoms with Gasteiger partial charge in [0.05, 0.1) is 19.6 Å². The van der Waals surface area contributed by atoms with E-state index < -0.39 is 0 Å². The second-order valence-electron chi connectivity index (χ2n) is 3.27. The lowest BCUT2D eigenvalue weighted by Crippen LogP contribution is -2.10. The van der Waals surface area contributed by atoms with Gasteiger partial charge in [0.1, 0.15) is 6.34 Å². The van der Waals surface area contributed by atoms with Crippen LogP contribution in [-0.4, -0.2) is 24.4 Å². The first-order valence-electron chi connectivity index (χ1n) is 4.84. The van der Waals surface area contributed by atoms with Crippen molar-refractivity contribution in [3.05, 3.63) is 33.8 Å². The Balaban J connectivity index is 2.01. The zero-order valence-corrected chi connectivity index (χ0v) is 9.99. The van der Waals surface area contributed by atoms with Gasteiger partial charge in [0, 0.05) is 15.6 Å². The van der Waals surface area contributed by atoms with E-state index in [4.69, 9.17) is 23.2 Å². The summed E-state index contributed by atoms with van der Waals surface area (Å²) in [6.07, 6.45) is 1.66. The molecule has 1 aromatic rings. The molecule has 1 aliphatic rings. The predicted molar refractivity (Wildman–Crippen MR) is 65.1 cm³/mol. The Morgan fingerprint density at radius 2 is 2.06 bits per heavy atom. The van der Waals surface area contributed by atoms with Crippen molar-refractivity contribution in [2.24, 2.45) is 15.3 Å². The highest BCUT2D eigenvalue weighted by molar-refractivity contribution is 6.35. The maximum absolute atomic E-state index is 6.00. The first-order valence-corrected chi connectivity index (χ1v) is 5.60. The molecule has 0 spiro atoms. The van der Waals surface area contributed by atoms with Crippen LogP contribution in [0.2, 0.25) is 10.0 Å². The Hall–Kier alpha value is -1.13. The first kappa shape index (κ1) is 11.4. The summed E-state index contributed by atoms with van der Waals surface area (Å²) in [6, 6.07) is 5.38. The normalized spacial score (nSPS) is 15.2. The van der Waals surface area contributed by atoms with Gasteiger partial charge in [0.2, 0.25) is 0 Å². The second-order valence-corrected chi connectivity index (χ2v) is 4.09. The summed E-state index contributed by atoms with van der Waals surface area (Å²) in [5.74, 6) is 0. The van der Waals surface area contributed by atoms with E-state index in [0.29, 0.717) is 16.6 Å². The first-order chi connectivity index (χ1) is 7.77. The van der Waals surface area contributed by atoms with Crippen molar-refractivity contribution in [1.29, 1.82) is 0 Å². The predicted octanol–water partition coefficient (Wildman–Crippen LogP) is 3.20. The Morgan fingerprint density at radius 1 is 1.31 bits per heavy atom. The van der Waals surface area contributed by atoms with Crippen LogP contribution in [0.3, 0.4) is 0 Å². The third kappa shape index (κ3) is 2.71. The molecule has 0 atom stereocenters. The number of nitrogens with zero attached hydrogens (tertiary/aromatic N) is 4. The monoisotopic (exact) mass is 256 g/mol. The summed E-state index contributed by atoms with van der Waals surface area (Å²) in [5.41, 5.74) is 0.797. The highest BCUT2D eigenvalue weighted by Crippen LogP contribution is 2.24. The quantitative estimate of drug-likeness (QED) is 0.766. The van der Waals surface area contributed by atoms with Gasteiger partial charge in [0.15, 0.2) is 0 Å². The van der Waals surface area contributed by atoms with Crippen molar-refractivity contribution >= 4 is 29.5 Å². The summed E-state index contributed by atoms with van der Waals surface area (Å²) in [6.45, 7) is 1.93. The van der Waals surface area contributed by atoms with Gasteiger partial charge in [-0.05, 0) is 12.1 Å². The van der Waals surface area contributed by atoms with Crippen molar-refractivity contribution < 1.29 is 0 Å². The van der Waals surface area contributed by atoms with Crippen molar-refractivity contribution in [3.8, 4) is 0 Å². The third-order valence-corrected chi connectivity index (χ3v) is 2.85. The van der Waals surface area contributed by atoms with Crippen LogP contribution in [0, 0.1) is 0 Å². The lowest BCUT2D eigenvalue weighted by atomic mass is 10.2. The number of aliphatic imine (C=N–C) groups is 1. The molecule has 0 bridgehead atoms. The second kappa shape index (κ2) is 5.27. The van der Waals surface area contributed by atoms with Crippen molar-refractivity contribution in [3.63, 3.8) is 0 Å². The molecule has 0 radical (unpaired) electrons. The fourth-order valence-corrected chi connectivity index (χ4v) is 1.82. The maximum Gasteiger partial charge on any atom is 0.108 e. The number of rotatable bonds is 3. The molecule has 1 aromatic carbocycles. The molecule has 0 saturated carbocycles. The van der Waals surface area contributed by atoms with E-state index in [2.05, 4.69) is 15.3 Å². The van der Waals surface area contributed by atoms with Crippen molar-refractivity contribution in [2.45, 2.75) is 6.54 Å². The smallest absolute Gasteiger partial charge is 0.108 e. The zero-order valence-electron chi connectivity index (χ0n) is 8.48. The van der Waals surface area contributed by atoms with E-state index >= 15 is 0 Å². The lowest BCUT2D eigenvalue weighted by molar-refractivity contribution is 0.456. The van der Waals surface area contributed by atoms with Gasteiger partial charge in [-0.1, -0.05) is 34.5 Å². The maximum atomic E-state index is 6.00. The molecular weight excluding hydrogens is 247 g/mol. The summed E-state index contributed by atoms with van der Waals surface area (Å²) >= 11 is 12.0. The van der Waals surface area contributed by atoms with Crippen LogP contribution in [0.5, 0.6) is 0 Å². The highest BCUT2D eigenvalue weighted by atomic mass is 35.5. The number of halogens is 2. The van der Waals surface area contributed by atoms with Crippen LogP contribution >= 0.6 is 23.2 Å². The summed E-state index contributed by atoms with van der Waals surface area (Å²) in [5, 5.41) is 10.9. The summed E-state index contributed by atoms with van der Waals surface area (Å²) < 4.78 is 0. The molecule has 0 aliphatic carbocycles. The summed E-state index contributed by atoms with van der Waals surface area (Å²) in [7, 11) is 0. The minimum atomic E-state index is 0.378. The molecule has 1 aliphatic heterocycles. The average molecular weight is 257 g/mol. The molecular formula is C10H10Cl2N4. The fraction of sp³-hybridized carbons (Fsp3) is 0.300. The molecule has 1 heterocycles. The molecule has 0 N–H and O–H groups in total. The van der Waals surface area contributed by atoms with Crippen LogP contribution in [0.15, 0.2) is 33.5 Å². The van der Waals surface area contributed by atoms with Crippen molar-refractivity contribution in [2.75, 3.05) is 13.1 Å². The standard InChI is InChI=1S/C10H10Cl2N4/c11-9-2-1-3-10(12)8(9)6-14-15-16-5-4-13-7-16/h1-3,7H,4-6H2. The Morgan fingerprint density at radius 3 is 2.69 bits per heavy atom. The average Bonchev–Trinajstić information content (AvgIpc) is 2.75. The van der Waals surface area contributed by atoms with Crippen LogP contribution in [0.25, 0.3) is 0 Å². The minimum absolute atomic E-state index is 0.378. The molecule has 0 unspecified atom stereocenters. The molecule has 0 saturated heterocycles. The minimum Gasteiger partial charge on any atom is -0.272 e. The SMILES string of the molecule is Clc1cccc(Cl)c1CN=NN1C=NCC1.